The van der Waals surface area contributed by atoms with Crippen molar-refractivity contribution in [2.24, 2.45) is 0 Å². The van der Waals surface area contributed by atoms with E-state index in [-0.39, 0.29) is 0 Å². The molecule has 2 nitrogen and oxygen atoms in total. The zero-order valence-corrected chi connectivity index (χ0v) is 6.80. The van der Waals surface area contributed by atoms with Gasteiger partial charge in [0.1, 0.15) is 5.15 Å². The number of hydrogen-bond acceptors (Lipinski definition) is 2. The highest BCUT2D eigenvalue weighted by Crippen LogP contribution is 2.39. The number of pyridine rings is 1. The second-order valence-corrected chi connectivity index (χ2v) is 3.31. The van der Waals surface area contributed by atoms with Crippen molar-refractivity contribution in [3.63, 3.8) is 0 Å². The third-order valence-corrected chi connectivity index (χ3v) is 2.03. The summed E-state index contributed by atoms with van der Waals surface area (Å²) < 4.78 is 0. The average molecular weight is 169 g/mol. The van der Waals surface area contributed by atoms with Crippen molar-refractivity contribution in [3.8, 4) is 0 Å². The molecule has 2 rings (SSSR count). The summed E-state index contributed by atoms with van der Waals surface area (Å²) in [6, 6.07) is 3.58. The lowest BCUT2D eigenvalue weighted by atomic mass is 10.2. The van der Waals surface area contributed by atoms with Crippen LogP contribution in [0.2, 0.25) is 5.15 Å². The van der Waals surface area contributed by atoms with Crippen molar-refractivity contribution in [3.05, 3.63) is 23.0 Å². The standard InChI is InChI=1S/C8H9ClN2/c9-8-4-6(10)3-7(11-8)5-1-2-5/h3-5H,1-2H2,(H2,10,11). The minimum Gasteiger partial charge on any atom is -0.399 e. The van der Waals surface area contributed by atoms with Gasteiger partial charge in [-0.2, -0.15) is 0 Å². The van der Waals surface area contributed by atoms with E-state index in [1.54, 1.807) is 6.07 Å². The van der Waals surface area contributed by atoms with Crippen molar-refractivity contribution in [1.82, 2.24) is 4.98 Å². The van der Waals surface area contributed by atoms with E-state index in [2.05, 4.69) is 4.98 Å². The third kappa shape index (κ3) is 1.46. The lowest BCUT2D eigenvalue weighted by Gasteiger charge is -1.99. The fourth-order valence-corrected chi connectivity index (χ4v) is 1.35. The fraction of sp³-hybridized carbons (Fsp3) is 0.375. The monoisotopic (exact) mass is 168 g/mol. The summed E-state index contributed by atoms with van der Waals surface area (Å²) in [6.07, 6.45) is 2.46. The molecule has 0 atom stereocenters. The molecule has 0 aromatic carbocycles. The molecule has 0 amide bonds. The van der Waals surface area contributed by atoms with Gasteiger partial charge >= 0.3 is 0 Å². The molecular weight excluding hydrogens is 160 g/mol. The van der Waals surface area contributed by atoms with Crippen molar-refractivity contribution in [1.29, 1.82) is 0 Å². The van der Waals surface area contributed by atoms with Crippen LogP contribution >= 0.6 is 11.6 Å². The molecule has 1 saturated carbocycles. The number of halogens is 1. The molecule has 58 valence electrons. The minimum atomic E-state index is 0.506. The topological polar surface area (TPSA) is 38.9 Å². The van der Waals surface area contributed by atoms with E-state index in [9.17, 15) is 0 Å². The number of anilines is 1. The normalized spacial score (nSPS) is 16.8. The van der Waals surface area contributed by atoms with E-state index in [0.29, 0.717) is 16.8 Å². The second-order valence-electron chi connectivity index (χ2n) is 2.92. The molecule has 0 spiro atoms. The van der Waals surface area contributed by atoms with E-state index < -0.39 is 0 Å². The van der Waals surface area contributed by atoms with Crippen LogP contribution in [0.1, 0.15) is 24.5 Å². The Hall–Kier alpha value is -0.760. The van der Waals surface area contributed by atoms with E-state index in [1.807, 2.05) is 6.07 Å². The maximum atomic E-state index is 5.73. The summed E-state index contributed by atoms with van der Waals surface area (Å²) in [4.78, 5) is 4.18. The van der Waals surface area contributed by atoms with Gasteiger partial charge in [0, 0.05) is 17.3 Å². The molecule has 1 aliphatic carbocycles. The Morgan fingerprint density at radius 1 is 1.45 bits per heavy atom. The van der Waals surface area contributed by atoms with Crippen LogP contribution in [0.15, 0.2) is 12.1 Å². The molecule has 1 fully saturated rings. The summed E-state index contributed by atoms with van der Waals surface area (Å²) in [5.41, 5.74) is 7.37. The molecular formula is C8H9ClN2. The lowest BCUT2D eigenvalue weighted by molar-refractivity contribution is 1.03. The van der Waals surface area contributed by atoms with Gasteiger partial charge in [0.15, 0.2) is 0 Å². The number of hydrogen-bond donors (Lipinski definition) is 1. The molecule has 1 aromatic rings. The number of rotatable bonds is 1. The van der Waals surface area contributed by atoms with Crippen LogP contribution in [0.5, 0.6) is 0 Å². The van der Waals surface area contributed by atoms with E-state index in [4.69, 9.17) is 17.3 Å². The molecule has 0 radical (unpaired) electrons. The van der Waals surface area contributed by atoms with Gasteiger partial charge in [0.25, 0.3) is 0 Å². The number of nitrogen functional groups attached to an aromatic ring is 1. The molecule has 1 aliphatic rings. The Morgan fingerprint density at radius 3 is 2.73 bits per heavy atom. The van der Waals surface area contributed by atoms with Gasteiger partial charge in [-0.15, -0.1) is 0 Å². The zero-order chi connectivity index (χ0) is 7.84. The smallest absolute Gasteiger partial charge is 0.131 e. The maximum Gasteiger partial charge on any atom is 0.131 e. The molecule has 0 aliphatic heterocycles. The van der Waals surface area contributed by atoms with Crippen molar-refractivity contribution < 1.29 is 0 Å². The Morgan fingerprint density at radius 2 is 2.18 bits per heavy atom. The molecule has 0 unspecified atom stereocenters. The highest BCUT2D eigenvalue weighted by atomic mass is 35.5. The van der Waals surface area contributed by atoms with Crippen molar-refractivity contribution in [2.75, 3.05) is 5.73 Å². The predicted molar refractivity (Wildman–Crippen MR) is 45.6 cm³/mol. The number of nitrogens with two attached hydrogens (primary N) is 1. The second kappa shape index (κ2) is 2.38. The first kappa shape index (κ1) is 6.92. The van der Waals surface area contributed by atoms with Crippen LogP contribution < -0.4 is 5.73 Å². The van der Waals surface area contributed by atoms with Crippen molar-refractivity contribution >= 4 is 17.3 Å². The van der Waals surface area contributed by atoms with Crippen LogP contribution in [0.4, 0.5) is 5.69 Å². The van der Waals surface area contributed by atoms with Crippen molar-refractivity contribution in [2.45, 2.75) is 18.8 Å². The average Bonchev–Trinajstić information content (AvgIpc) is 2.64. The van der Waals surface area contributed by atoms with Gasteiger partial charge in [-0.25, -0.2) is 4.98 Å². The summed E-state index contributed by atoms with van der Waals surface area (Å²) >= 11 is 5.73. The van der Waals surface area contributed by atoms with Gasteiger partial charge < -0.3 is 5.73 Å². The first-order chi connectivity index (χ1) is 5.25. The Bertz CT molecular complexity index is 261. The quantitative estimate of drug-likeness (QED) is 0.653. The third-order valence-electron chi connectivity index (χ3n) is 1.83. The van der Waals surface area contributed by atoms with Crippen LogP contribution in [0, 0.1) is 0 Å². The molecule has 0 saturated heterocycles. The molecule has 2 N–H and O–H groups in total. The largest absolute Gasteiger partial charge is 0.399 e. The van der Waals surface area contributed by atoms with Crippen LogP contribution in [-0.2, 0) is 0 Å². The number of nitrogens with zero attached hydrogens (tertiary/aromatic N) is 1. The summed E-state index contributed by atoms with van der Waals surface area (Å²) in [7, 11) is 0. The van der Waals surface area contributed by atoms with E-state index >= 15 is 0 Å². The first-order valence-electron chi connectivity index (χ1n) is 3.68. The van der Waals surface area contributed by atoms with Gasteiger partial charge in [0.2, 0.25) is 0 Å². The Labute approximate surface area is 70.4 Å². The maximum absolute atomic E-state index is 5.73. The highest BCUT2D eigenvalue weighted by Gasteiger charge is 2.25. The van der Waals surface area contributed by atoms with Crippen LogP contribution in [0.3, 0.4) is 0 Å². The first-order valence-corrected chi connectivity index (χ1v) is 4.06. The summed E-state index contributed by atoms with van der Waals surface area (Å²) in [6.45, 7) is 0. The minimum absolute atomic E-state index is 0.506. The number of aromatic nitrogens is 1. The molecule has 0 bridgehead atoms. The highest BCUT2D eigenvalue weighted by molar-refractivity contribution is 6.29. The zero-order valence-electron chi connectivity index (χ0n) is 6.05. The molecule has 1 heterocycles. The van der Waals surface area contributed by atoms with Gasteiger partial charge in [0.05, 0.1) is 0 Å². The predicted octanol–water partition coefficient (Wildman–Crippen LogP) is 2.19. The summed E-state index contributed by atoms with van der Waals surface area (Å²) in [5.74, 6) is 0.621. The van der Waals surface area contributed by atoms with Crippen LogP contribution in [0.25, 0.3) is 0 Å². The van der Waals surface area contributed by atoms with E-state index in [1.165, 1.54) is 12.8 Å². The molecule has 11 heavy (non-hydrogen) atoms. The summed E-state index contributed by atoms with van der Waals surface area (Å²) in [5, 5.41) is 0.506. The molecule has 3 heteroatoms. The van der Waals surface area contributed by atoms with Gasteiger partial charge in [-0.05, 0) is 25.0 Å². The molecule has 1 aromatic heterocycles. The lowest BCUT2D eigenvalue weighted by Crippen LogP contribution is -1.91. The van der Waals surface area contributed by atoms with Crippen LogP contribution in [-0.4, -0.2) is 4.98 Å². The van der Waals surface area contributed by atoms with Gasteiger partial charge in [-0.3, -0.25) is 0 Å². The van der Waals surface area contributed by atoms with Gasteiger partial charge in [-0.1, -0.05) is 11.6 Å². The fourth-order valence-electron chi connectivity index (χ4n) is 1.13. The Balaban J connectivity index is 2.39. The SMILES string of the molecule is Nc1cc(Cl)nc(C2CC2)c1. The van der Waals surface area contributed by atoms with E-state index in [0.717, 1.165) is 5.69 Å². The Kier molecular flexibility index (Phi) is 1.50.